The minimum atomic E-state index is 0.700. The van der Waals surface area contributed by atoms with Crippen LogP contribution in [0.25, 0.3) is 0 Å². The van der Waals surface area contributed by atoms with E-state index >= 15 is 0 Å². The molecule has 4 N–H and O–H groups in total. The molecule has 0 amide bonds. The van der Waals surface area contributed by atoms with Gasteiger partial charge in [0.15, 0.2) is 0 Å². The summed E-state index contributed by atoms with van der Waals surface area (Å²) in [6.45, 7) is 6.27. The minimum Gasteiger partial charge on any atom is -0.330 e. The van der Waals surface area contributed by atoms with Crippen molar-refractivity contribution in [3.8, 4) is 0 Å². The highest BCUT2D eigenvalue weighted by molar-refractivity contribution is 4.58. The molecule has 0 aromatic heterocycles. The average molecular weight is 200 g/mol. The molecular formula is C12H28N2. The van der Waals surface area contributed by atoms with Crippen LogP contribution < -0.4 is 11.5 Å². The van der Waals surface area contributed by atoms with Crippen LogP contribution in [-0.2, 0) is 0 Å². The normalized spacial score (nSPS) is 15.4. The summed E-state index contributed by atoms with van der Waals surface area (Å²) in [5.74, 6) is 1.57. The fourth-order valence-electron chi connectivity index (χ4n) is 1.71. The monoisotopic (exact) mass is 200 g/mol. The molecule has 0 spiro atoms. The van der Waals surface area contributed by atoms with Crippen molar-refractivity contribution in [2.24, 2.45) is 23.3 Å². The number of nitrogens with two attached hydrogens (primary N) is 2. The van der Waals surface area contributed by atoms with Crippen LogP contribution in [-0.4, -0.2) is 13.1 Å². The van der Waals surface area contributed by atoms with Crippen molar-refractivity contribution in [3.05, 3.63) is 0 Å². The molecule has 0 heterocycles. The summed E-state index contributed by atoms with van der Waals surface area (Å²) in [5, 5.41) is 0. The van der Waals surface area contributed by atoms with Gasteiger partial charge >= 0.3 is 0 Å². The molecule has 2 unspecified atom stereocenters. The fraction of sp³-hybridized carbons (Fsp3) is 1.00. The van der Waals surface area contributed by atoms with E-state index in [1.54, 1.807) is 0 Å². The minimum absolute atomic E-state index is 0.700. The zero-order valence-electron chi connectivity index (χ0n) is 9.97. The van der Waals surface area contributed by atoms with Gasteiger partial charge in [-0.1, -0.05) is 39.5 Å². The lowest BCUT2D eigenvalue weighted by atomic mass is 9.95. The first-order valence-corrected chi connectivity index (χ1v) is 6.10. The molecule has 0 aliphatic rings. The first-order valence-electron chi connectivity index (χ1n) is 6.10. The molecule has 14 heavy (non-hydrogen) atoms. The van der Waals surface area contributed by atoms with Crippen molar-refractivity contribution in [1.82, 2.24) is 0 Å². The highest BCUT2D eigenvalue weighted by Gasteiger charge is 2.03. The van der Waals surface area contributed by atoms with Crippen LogP contribution in [0.1, 0.15) is 52.4 Å². The van der Waals surface area contributed by atoms with Crippen molar-refractivity contribution in [3.63, 3.8) is 0 Å². The maximum atomic E-state index is 5.57. The highest BCUT2D eigenvalue weighted by Crippen LogP contribution is 2.16. The second kappa shape index (κ2) is 9.47. The third-order valence-electron chi connectivity index (χ3n) is 2.95. The number of hydrogen-bond acceptors (Lipinski definition) is 2. The first-order chi connectivity index (χ1) is 6.70. The summed E-state index contributed by atoms with van der Waals surface area (Å²) in [4.78, 5) is 0. The molecule has 0 aliphatic heterocycles. The van der Waals surface area contributed by atoms with Crippen LogP contribution in [0.15, 0.2) is 0 Å². The molecular weight excluding hydrogens is 172 g/mol. The van der Waals surface area contributed by atoms with Crippen molar-refractivity contribution in [2.75, 3.05) is 13.1 Å². The van der Waals surface area contributed by atoms with Crippen LogP contribution in [0.5, 0.6) is 0 Å². The van der Waals surface area contributed by atoms with Gasteiger partial charge < -0.3 is 11.5 Å². The van der Waals surface area contributed by atoms with Crippen molar-refractivity contribution < 1.29 is 0 Å². The largest absolute Gasteiger partial charge is 0.330 e. The topological polar surface area (TPSA) is 52.0 Å². The Balaban J connectivity index is 3.21. The molecule has 0 aromatic rings. The standard InChI is InChI=1S/C12H28N2/c1-11(6-3-4-9-13)7-5-8-12(2)10-14/h11-12H,3-10,13-14H2,1-2H3. The van der Waals surface area contributed by atoms with E-state index in [-0.39, 0.29) is 0 Å². The second-order valence-corrected chi connectivity index (χ2v) is 4.66. The third-order valence-corrected chi connectivity index (χ3v) is 2.95. The quantitative estimate of drug-likeness (QED) is 0.562. The maximum Gasteiger partial charge on any atom is -0.00515 e. The molecule has 0 aromatic carbocycles. The summed E-state index contributed by atoms with van der Waals surface area (Å²) in [6, 6.07) is 0. The van der Waals surface area contributed by atoms with Gasteiger partial charge in [0, 0.05) is 0 Å². The molecule has 0 radical (unpaired) electrons. The SMILES string of the molecule is CC(CN)CCCC(C)CCCCN. The van der Waals surface area contributed by atoms with Crippen LogP contribution in [0.4, 0.5) is 0 Å². The average Bonchev–Trinajstić information content (AvgIpc) is 2.18. The lowest BCUT2D eigenvalue weighted by molar-refractivity contribution is 0.416. The fourth-order valence-corrected chi connectivity index (χ4v) is 1.71. The van der Waals surface area contributed by atoms with E-state index in [0.717, 1.165) is 19.0 Å². The summed E-state index contributed by atoms with van der Waals surface area (Å²) in [7, 11) is 0. The lowest BCUT2D eigenvalue weighted by Gasteiger charge is -2.12. The Kier molecular flexibility index (Phi) is 9.42. The number of rotatable bonds is 9. The van der Waals surface area contributed by atoms with Crippen LogP contribution in [0, 0.1) is 11.8 Å². The van der Waals surface area contributed by atoms with Crippen LogP contribution >= 0.6 is 0 Å². The Morgan fingerprint density at radius 1 is 0.786 bits per heavy atom. The number of hydrogen-bond donors (Lipinski definition) is 2. The van der Waals surface area contributed by atoms with Crippen LogP contribution in [0.3, 0.4) is 0 Å². The Hall–Kier alpha value is -0.0800. The Morgan fingerprint density at radius 3 is 1.93 bits per heavy atom. The van der Waals surface area contributed by atoms with Crippen molar-refractivity contribution >= 4 is 0 Å². The molecule has 2 nitrogen and oxygen atoms in total. The van der Waals surface area contributed by atoms with Gasteiger partial charge in [-0.3, -0.25) is 0 Å². The predicted octanol–water partition coefficient (Wildman–Crippen LogP) is 2.52. The van der Waals surface area contributed by atoms with E-state index in [4.69, 9.17) is 11.5 Å². The Bertz CT molecular complexity index is 115. The van der Waals surface area contributed by atoms with E-state index in [1.807, 2.05) is 0 Å². The van der Waals surface area contributed by atoms with Gasteiger partial charge in [0.25, 0.3) is 0 Å². The molecule has 0 saturated carbocycles. The molecule has 86 valence electrons. The van der Waals surface area contributed by atoms with Gasteiger partial charge in [0.2, 0.25) is 0 Å². The van der Waals surface area contributed by atoms with Crippen molar-refractivity contribution in [2.45, 2.75) is 52.4 Å². The first kappa shape index (κ1) is 13.9. The van der Waals surface area contributed by atoms with Gasteiger partial charge in [0.1, 0.15) is 0 Å². The molecule has 0 aliphatic carbocycles. The van der Waals surface area contributed by atoms with Gasteiger partial charge in [-0.25, -0.2) is 0 Å². The Labute approximate surface area is 89.4 Å². The van der Waals surface area contributed by atoms with Gasteiger partial charge in [-0.05, 0) is 37.8 Å². The highest BCUT2D eigenvalue weighted by atomic mass is 14.5. The summed E-state index contributed by atoms with van der Waals surface area (Å²) < 4.78 is 0. The number of unbranched alkanes of at least 4 members (excludes halogenated alkanes) is 1. The zero-order chi connectivity index (χ0) is 10.8. The maximum absolute atomic E-state index is 5.57. The molecule has 0 bridgehead atoms. The second-order valence-electron chi connectivity index (χ2n) is 4.66. The molecule has 2 heteroatoms. The molecule has 0 rings (SSSR count). The van der Waals surface area contributed by atoms with E-state index in [1.165, 1.54) is 38.5 Å². The van der Waals surface area contributed by atoms with E-state index in [9.17, 15) is 0 Å². The summed E-state index contributed by atoms with van der Waals surface area (Å²) in [6.07, 6.45) is 7.80. The van der Waals surface area contributed by atoms with Gasteiger partial charge in [0.05, 0.1) is 0 Å². The van der Waals surface area contributed by atoms with E-state index in [0.29, 0.717) is 5.92 Å². The van der Waals surface area contributed by atoms with Gasteiger partial charge in [-0.15, -0.1) is 0 Å². The summed E-state index contributed by atoms with van der Waals surface area (Å²) >= 11 is 0. The predicted molar refractivity (Wildman–Crippen MR) is 64.1 cm³/mol. The molecule has 2 atom stereocenters. The molecule has 0 saturated heterocycles. The zero-order valence-corrected chi connectivity index (χ0v) is 9.97. The third kappa shape index (κ3) is 8.52. The summed E-state index contributed by atoms with van der Waals surface area (Å²) in [5.41, 5.74) is 11.0. The lowest BCUT2D eigenvalue weighted by Crippen LogP contribution is -2.10. The van der Waals surface area contributed by atoms with E-state index < -0.39 is 0 Å². The van der Waals surface area contributed by atoms with Crippen LogP contribution in [0.2, 0.25) is 0 Å². The van der Waals surface area contributed by atoms with Gasteiger partial charge in [-0.2, -0.15) is 0 Å². The smallest absolute Gasteiger partial charge is 0.00515 e. The van der Waals surface area contributed by atoms with Crippen molar-refractivity contribution in [1.29, 1.82) is 0 Å². The molecule has 0 fully saturated rings. The Morgan fingerprint density at radius 2 is 1.36 bits per heavy atom. The van der Waals surface area contributed by atoms with E-state index in [2.05, 4.69) is 13.8 Å².